The Hall–Kier alpha value is -2.49. The number of hydrogen-bond donors (Lipinski definition) is 2. The fourth-order valence-corrected chi connectivity index (χ4v) is 4.05. The SMILES string of the molecule is Cc1c(Cl)cccc1S(=O)(=O)NCCn1c(=O)[nH]c2ncccc2c1=O. The van der Waals surface area contributed by atoms with Crippen molar-refractivity contribution in [3.05, 3.63) is 68.0 Å². The molecule has 0 aliphatic heterocycles. The molecule has 136 valence electrons. The van der Waals surface area contributed by atoms with Crippen molar-refractivity contribution in [2.45, 2.75) is 18.4 Å². The summed E-state index contributed by atoms with van der Waals surface area (Å²) in [5, 5.41) is 0.586. The molecule has 0 aliphatic rings. The van der Waals surface area contributed by atoms with Crippen LogP contribution in [-0.2, 0) is 16.6 Å². The Morgan fingerprint density at radius 2 is 2.00 bits per heavy atom. The van der Waals surface area contributed by atoms with Crippen molar-refractivity contribution < 1.29 is 8.42 Å². The third-order valence-corrected chi connectivity index (χ3v) is 5.90. The van der Waals surface area contributed by atoms with Gasteiger partial charge in [-0.25, -0.2) is 22.9 Å². The molecule has 3 rings (SSSR count). The molecule has 0 fully saturated rings. The maximum Gasteiger partial charge on any atom is 0.330 e. The van der Waals surface area contributed by atoms with E-state index in [-0.39, 0.29) is 29.0 Å². The van der Waals surface area contributed by atoms with Gasteiger partial charge in [0.25, 0.3) is 5.56 Å². The van der Waals surface area contributed by atoms with E-state index >= 15 is 0 Å². The number of hydrogen-bond acceptors (Lipinski definition) is 5. The van der Waals surface area contributed by atoms with E-state index in [1.165, 1.54) is 24.4 Å². The van der Waals surface area contributed by atoms with E-state index in [0.29, 0.717) is 10.6 Å². The lowest BCUT2D eigenvalue weighted by molar-refractivity contribution is 0.565. The van der Waals surface area contributed by atoms with E-state index in [1.807, 2.05) is 0 Å². The van der Waals surface area contributed by atoms with Gasteiger partial charge in [-0.3, -0.25) is 14.3 Å². The van der Waals surface area contributed by atoms with Gasteiger partial charge in [-0.15, -0.1) is 0 Å². The summed E-state index contributed by atoms with van der Waals surface area (Å²) in [4.78, 5) is 30.9. The molecule has 0 radical (unpaired) electrons. The zero-order valence-electron chi connectivity index (χ0n) is 13.7. The molecule has 0 unspecified atom stereocenters. The highest BCUT2D eigenvalue weighted by molar-refractivity contribution is 7.89. The van der Waals surface area contributed by atoms with Crippen LogP contribution >= 0.6 is 11.6 Å². The zero-order chi connectivity index (χ0) is 18.9. The molecule has 8 nitrogen and oxygen atoms in total. The molecule has 3 aromatic rings. The van der Waals surface area contributed by atoms with Crippen LogP contribution in [0.2, 0.25) is 5.02 Å². The Balaban J connectivity index is 1.84. The number of nitrogens with zero attached hydrogens (tertiary/aromatic N) is 2. The standard InChI is InChI=1S/C16H15ClN4O4S/c1-10-12(17)5-2-6-13(10)26(24,25)19-8-9-21-15(22)11-4-3-7-18-14(11)20-16(21)23/h2-7,19H,8-9H2,1H3,(H,18,20,23). The average molecular weight is 395 g/mol. The van der Waals surface area contributed by atoms with Crippen LogP contribution in [0.3, 0.4) is 0 Å². The highest BCUT2D eigenvalue weighted by Gasteiger charge is 2.18. The molecule has 2 N–H and O–H groups in total. The van der Waals surface area contributed by atoms with Crippen molar-refractivity contribution in [2.75, 3.05) is 6.54 Å². The van der Waals surface area contributed by atoms with E-state index in [0.717, 1.165) is 4.57 Å². The van der Waals surface area contributed by atoms with Gasteiger partial charge in [-0.1, -0.05) is 17.7 Å². The first-order valence-corrected chi connectivity index (χ1v) is 9.50. The van der Waals surface area contributed by atoms with E-state index in [9.17, 15) is 18.0 Å². The van der Waals surface area contributed by atoms with Crippen molar-refractivity contribution in [2.24, 2.45) is 0 Å². The number of sulfonamides is 1. The average Bonchev–Trinajstić information content (AvgIpc) is 2.60. The smallest absolute Gasteiger partial charge is 0.291 e. The van der Waals surface area contributed by atoms with Gasteiger partial charge in [-0.2, -0.15) is 0 Å². The topological polar surface area (TPSA) is 114 Å². The van der Waals surface area contributed by atoms with Crippen LogP contribution in [0, 0.1) is 6.92 Å². The van der Waals surface area contributed by atoms with Gasteiger partial charge < -0.3 is 0 Å². The van der Waals surface area contributed by atoms with Crippen molar-refractivity contribution in [3.63, 3.8) is 0 Å². The first-order valence-electron chi connectivity index (χ1n) is 7.64. The monoisotopic (exact) mass is 394 g/mol. The van der Waals surface area contributed by atoms with Crippen molar-refractivity contribution in [1.82, 2.24) is 19.3 Å². The molecule has 2 heterocycles. The number of pyridine rings is 1. The van der Waals surface area contributed by atoms with E-state index in [2.05, 4.69) is 14.7 Å². The molecule has 0 bridgehead atoms. The Morgan fingerprint density at radius 1 is 1.23 bits per heavy atom. The van der Waals surface area contributed by atoms with E-state index < -0.39 is 21.3 Å². The summed E-state index contributed by atoms with van der Waals surface area (Å²) in [5.41, 5.74) is -0.573. The van der Waals surface area contributed by atoms with E-state index in [4.69, 9.17) is 11.6 Å². The Bertz CT molecular complexity index is 1200. The number of fused-ring (bicyclic) bond motifs is 1. The van der Waals surface area contributed by atoms with E-state index in [1.54, 1.807) is 19.1 Å². The Kier molecular flexibility index (Phi) is 4.94. The molecule has 0 spiro atoms. The third kappa shape index (κ3) is 3.41. The largest absolute Gasteiger partial charge is 0.330 e. The molecule has 0 amide bonds. The summed E-state index contributed by atoms with van der Waals surface area (Å²) in [7, 11) is -3.83. The van der Waals surface area contributed by atoms with Gasteiger partial charge in [-0.05, 0) is 36.8 Å². The van der Waals surface area contributed by atoms with Crippen LogP contribution < -0.4 is 16.0 Å². The van der Waals surface area contributed by atoms with Gasteiger partial charge in [0, 0.05) is 24.3 Å². The maximum absolute atomic E-state index is 12.4. The number of halogens is 1. The van der Waals surface area contributed by atoms with Crippen LogP contribution in [0.5, 0.6) is 0 Å². The minimum Gasteiger partial charge on any atom is -0.291 e. The molecule has 2 aromatic heterocycles. The number of aromatic amines is 1. The van der Waals surface area contributed by atoms with Gasteiger partial charge >= 0.3 is 5.69 Å². The molecular formula is C16H15ClN4O4S. The summed E-state index contributed by atoms with van der Waals surface area (Å²) in [6.45, 7) is 1.34. The first-order chi connectivity index (χ1) is 12.3. The van der Waals surface area contributed by atoms with Gasteiger partial charge in [0.15, 0.2) is 0 Å². The number of H-pyrrole nitrogens is 1. The van der Waals surface area contributed by atoms with Crippen LogP contribution in [0.4, 0.5) is 0 Å². The second-order valence-corrected chi connectivity index (χ2v) is 7.69. The van der Waals surface area contributed by atoms with Crippen LogP contribution in [0.25, 0.3) is 11.0 Å². The predicted molar refractivity (Wildman–Crippen MR) is 98.0 cm³/mol. The summed E-state index contributed by atoms with van der Waals surface area (Å²) in [6, 6.07) is 7.69. The van der Waals surface area contributed by atoms with Gasteiger partial charge in [0.2, 0.25) is 10.0 Å². The van der Waals surface area contributed by atoms with Crippen LogP contribution in [0.15, 0.2) is 51.0 Å². The number of nitrogens with one attached hydrogen (secondary N) is 2. The van der Waals surface area contributed by atoms with Crippen molar-refractivity contribution >= 4 is 32.7 Å². The number of rotatable bonds is 5. The lowest BCUT2D eigenvalue weighted by Gasteiger charge is -2.11. The molecule has 0 saturated carbocycles. The highest BCUT2D eigenvalue weighted by Crippen LogP contribution is 2.22. The predicted octanol–water partition coefficient (Wildman–Crippen LogP) is 1.03. The van der Waals surface area contributed by atoms with Crippen molar-refractivity contribution in [1.29, 1.82) is 0 Å². The minimum absolute atomic E-state index is 0.0500. The number of benzene rings is 1. The minimum atomic E-state index is -3.83. The molecule has 26 heavy (non-hydrogen) atoms. The lowest BCUT2D eigenvalue weighted by atomic mass is 10.2. The fraction of sp³-hybridized carbons (Fsp3) is 0.188. The quantitative estimate of drug-likeness (QED) is 0.670. The normalized spacial score (nSPS) is 11.8. The first kappa shape index (κ1) is 18.3. The van der Waals surface area contributed by atoms with Gasteiger partial charge in [0.05, 0.1) is 10.3 Å². The summed E-state index contributed by atoms with van der Waals surface area (Å²) >= 11 is 5.96. The molecule has 10 heteroatoms. The Morgan fingerprint density at radius 3 is 2.77 bits per heavy atom. The number of aromatic nitrogens is 3. The fourth-order valence-electron chi connectivity index (χ4n) is 2.54. The summed E-state index contributed by atoms with van der Waals surface area (Å²) in [5.74, 6) is 0. The third-order valence-electron chi connectivity index (χ3n) is 3.89. The molecule has 0 atom stereocenters. The molecular weight excluding hydrogens is 380 g/mol. The molecule has 1 aromatic carbocycles. The second kappa shape index (κ2) is 7.02. The van der Waals surface area contributed by atoms with Crippen molar-refractivity contribution in [3.8, 4) is 0 Å². The zero-order valence-corrected chi connectivity index (χ0v) is 15.3. The maximum atomic E-state index is 12.4. The summed E-state index contributed by atoms with van der Waals surface area (Å²) < 4.78 is 28.2. The van der Waals surface area contributed by atoms with Crippen LogP contribution in [-0.4, -0.2) is 29.5 Å². The highest BCUT2D eigenvalue weighted by atomic mass is 35.5. The molecule has 0 aliphatic carbocycles. The van der Waals surface area contributed by atoms with Crippen LogP contribution in [0.1, 0.15) is 5.56 Å². The molecule has 0 saturated heterocycles. The Labute approximate surface area is 153 Å². The lowest BCUT2D eigenvalue weighted by Crippen LogP contribution is -2.39. The second-order valence-electron chi connectivity index (χ2n) is 5.55. The van der Waals surface area contributed by atoms with Gasteiger partial charge in [0.1, 0.15) is 5.65 Å². The summed E-state index contributed by atoms with van der Waals surface area (Å²) in [6.07, 6.45) is 1.46.